The van der Waals surface area contributed by atoms with E-state index in [1.54, 1.807) is 0 Å². The van der Waals surface area contributed by atoms with Crippen molar-refractivity contribution in [1.29, 1.82) is 0 Å². The van der Waals surface area contributed by atoms with Crippen LogP contribution < -0.4 is 5.32 Å². The molecule has 5 atom stereocenters. The van der Waals surface area contributed by atoms with Crippen LogP contribution in [-0.2, 0) is 9.53 Å². The summed E-state index contributed by atoms with van der Waals surface area (Å²) in [6.07, 6.45) is 3.68. The minimum Gasteiger partial charge on any atom is -0.374 e. The molecule has 0 aliphatic carbocycles. The van der Waals surface area contributed by atoms with Crippen molar-refractivity contribution in [2.75, 3.05) is 11.9 Å². The molecule has 4 heteroatoms. The van der Waals surface area contributed by atoms with Gasteiger partial charge in [0.1, 0.15) is 0 Å². The third-order valence-corrected chi connectivity index (χ3v) is 4.78. The lowest BCUT2D eigenvalue weighted by Crippen LogP contribution is -2.39. The van der Waals surface area contributed by atoms with Gasteiger partial charge >= 0.3 is 0 Å². The van der Waals surface area contributed by atoms with Gasteiger partial charge in [0.2, 0.25) is 5.91 Å². The predicted molar refractivity (Wildman–Crippen MR) is 82.5 cm³/mol. The standard InChI is InChI=1S/C15H28BrNO2/c1-5-6-13(7-8-16)9-17-15(18)14-10(2)11(3)19-12(14)4/h10-14H,5-9H2,1-4H3,(H,17,18). The summed E-state index contributed by atoms with van der Waals surface area (Å²) in [5.41, 5.74) is 0. The Balaban J connectivity index is 2.45. The highest BCUT2D eigenvalue weighted by atomic mass is 79.9. The zero-order valence-electron chi connectivity index (χ0n) is 12.6. The number of carbonyl (C=O) groups is 1. The summed E-state index contributed by atoms with van der Waals surface area (Å²) in [5, 5.41) is 4.14. The number of hydrogen-bond donors (Lipinski definition) is 1. The molecule has 1 N–H and O–H groups in total. The predicted octanol–water partition coefficient (Wildman–Crippen LogP) is 3.36. The molecule has 3 nitrogen and oxygen atoms in total. The van der Waals surface area contributed by atoms with Crippen molar-refractivity contribution in [3.63, 3.8) is 0 Å². The average Bonchev–Trinajstić information content (AvgIpc) is 2.61. The summed E-state index contributed by atoms with van der Waals surface area (Å²) >= 11 is 3.49. The molecule has 0 aromatic carbocycles. The van der Waals surface area contributed by atoms with Crippen molar-refractivity contribution in [1.82, 2.24) is 5.32 Å². The van der Waals surface area contributed by atoms with Crippen LogP contribution in [0.2, 0.25) is 0 Å². The molecule has 112 valence electrons. The van der Waals surface area contributed by atoms with Crippen LogP contribution in [0.4, 0.5) is 0 Å². The molecule has 1 fully saturated rings. The topological polar surface area (TPSA) is 38.3 Å². The maximum atomic E-state index is 12.3. The van der Waals surface area contributed by atoms with Gasteiger partial charge in [-0.05, 0) is 38.5 Å². The monoisotopic (exact) mass is 333 g/mol. The average molecular weight is 334 g/mol. The molecule has 1 saturated heterocycles. The number of hydrogen-bond acceptors (Lipinski definition) is 2. The summed E-state index contributed by atoms with van der Waals surface area (Å²) in [6, 6.07) is 0. The molecular weight excluding hydrogens is 306 g/mol. The second-order valence-corrected chi connectivity index (χ2v) is 6.60. The van der Waals surface area contributed by atoms with Gasteiger partial charge in [0.15, 0.2) is 0 Å². The fourth-order valence-corrected chi connectivity index (χ4v) is 3.64. The van der Waals surface area contributed by atoms with Crippen molar-refractivity contribution in [2.45, 2.75) is 59.2 Å². The largest absolute Gasteiger partial charge is 0.374 e. The van der Waals surface area contributed by atoms with Crippen molar-refractivity contribution in [3.05, 3.63) is 0 Å². The highest BCUT2D eigenvalue weighted by molar-refractivity contribution is 9.09. The second kappa shape index (κ2) is 8.25. The van der Waals surface area contributed by atoms with E-state index in [4.69, 9.17) is 4.74 Å². The van der Waals surface area contributed by atoms with Gasteiger partial charge in [-0.3, -0.25) is 4.79 Å². The van der Waals surface area contributed by atoms with Crippen molar-refractivity contribution in [2.24, 2.45) is 17.8 Å². The van der Waals surface area contributed by atoms with Crippen LogP contribution in [0.3, 0.4) is 0 Å². The maximum absolute atomic E-state index is 12.3. The Kier molecular flexibility index (Phi) is 7.37. The minimum absolute atomic E-state index is 0.00115. The molecule has 1 heterocycles. The van der Waals surface area contributed by atoms with Gasteiger partial charge in [-0.2, -0.15) is 0 Å². The molecule has 1 aliphatic heterocycles. The first-order valence-electron chi connectivity index (χ1n) is 7.50. The lowest BCUT2D eigenvalue weighted by molar-refractivity contribution is -0.127. The van der Waals surface area contributed by atoms with Crippen LogP contribution in [0.15, 0.2) is 0 Å². The van der Waals surface area contributed by atoms with Crippen molar-refractivity contribution >= 4 is 21.8 Å². The van der Waals surface area contributed by atoms with Gasteiger partial charge in [0, 0.05) is 11.9 Å². The van der Waals surface area contributed by atoms with E-state index < -0.39 is 0 Å². The number of rotatable bonds is 7. The van der Waals surface area contributed by atoms with Gasteiger partial charge in [-0.1, -0.05) is 36.2 Å². The number of amides is 1. The van der Waals surface area contributed by atoms with Gasteiger partial charge < -0.3 is 10.1 Å². The van der Waals surface area contributed by atoms with Crippen LogP contribution in [0.25, 0.3) is 0 Å². The van der Waals surface area contributed by atoms with E-state index in [2.05, 4.69) is 42.0 Å². The van der Waals surface area contributed by atoms with Crippen LogP contribution >= 0.6 is 15.9 Å². The lowest BCUT2D eigenvalue weighted by atomic mass is 9.88. The third-order valence-electron chi connectivity index (χ3n) is 4.32. The highest BCUT2D eigenvalue weighted by Crippen LogP contribution is 2.32. The molecule has 1 amide bonds. The fraction of sp³-hybridized carbons (Fsp3) is 0.933. The molecule has 0 aromatic heterocycles. The molecule has 1 rings (SSSR count). The first-order chi connectivity index (χ1) is 9.01. The van der Waals surface area contributed by atoms with Crippen LogP contribution in [0.1, 0.15) is 47.0 Å². The molecule has 0 bridgehead atoms. The van der Waals surface area contributed by atoms with Crippen molar-refractivity contribution < 1.29 is 9.53 Å². The number of ether oxygens (including phenoxy) is 1. The van der Waals surface area contributed by atoms with E-state index in [1.807, 2.05) is 6.92 Å². The minimum atomic E-state index is 0.00115. The molecule has 1 aliphatic rings. The number of nitrogens with one attached hydrogen (secondary N) is 1. The molecular formula is C15H28BrNO2. The Labute approximate surface area is 126 Å². The number of alkyl halides is 1. The SMILES string of the molecule is CCCC(CCBr)CNC(=O)C1C(C)OC(C)C1C. The zero-order chi connectivity index (χ0) is 14.4. The summed E-state index contributed by atoms with van der Waals surface area (Å²) in [7, 11) is 0. The van der Waals surface area contributed by atoms with Gasteiger partial charge in [-0.25, -0.2) is 0 Å². The molecule has 19 heavy (non-hydrogen) atoms. The second-order valence-electron chi connectivity index (χ2n) is 5.81. The quantitative estimate of drug-likeness (QED) is 0.725. The summed E-state index contributed by atoms with van der Waals surface area (Å²) in [4.78, 5) is 12.3. The smallest absolute Gasteiger partial charge is 0.226 e. The Morgan fingerprint density at radius 2 is 1.95 bits per heavy atom. The van der Waals surface area contributed by atoms with Crippen LogP contribution in [0.5, 0.6) is 0 Å². The van der Waals surface area contributed by atoms with E-state index >= 15 is 0 Å². The Bertz CT molecular complexity index is 279. The van der Waals surface area contributed by atoms with Crippen molar-refractivity contribution in [3.8, 4) is 0 Å². The first kappa shape index (κ1) is 17.0. The van der Waals surface area contributed by atoms with Crippen LogP contribution in [0, 0.1) is 17.8 Å². The fourth-order valence-electron chi connectivity index (χ4n) is 2.99. The normalized spacial score (nSPS) is 32.3. The first-order valence-corrected chi connectivity index (χ1v) is 8.62. The van der Waals surface area contributed by atoms with E-state index in [0.717, 1.165) is 18.3 Å². The molecule has 0 spiro atoms. The maximum Gasteiger partial charge on any atom is 0.226 e. The number of halogens is 1. The van der Waals surface area contributed by atoms with E-state index in [9.17, 15) is 4.79 Å². The summed E-state index contributed by atoms with van der Waals surface area (Å²) < 4.78 is 5.74. The Hall–Kier alpha value is -0.0900. The summed E-state index contributed by atoms with van der Waals surface area (Å²) in [6.45, 7) is 9.16. The molecule has 0 radical (unpaired) electrons. The number of carbonyl (C=O) groups excluding carboxylic acids is 1. The highest BCUT2D eigenvalue weighted by Gasteiger charge is 2.41. The Morgan fingerprint density at radius 1 is 1.26 bits per heavy atom. The lowest BCUT2D eigenvalue weighted by Gasteiger charge is -2.21. The van der Waals surface area contributed by atoms with E-state index in [-0.39, 0.29) is 24.0 Å². The van der Waals surface area contributed by atoms with Crippen LogP contribution in [-0.4, -0.2) is 30.0 Å². The molecule has 0 aromatic rings. The third kappa shape index (κ3) is 4.75. The van der Waals surface area contributed by atoms with Gasteiger partial charge in [0.25, 0.3) is 0 Å². The van der Waals surface area contributed by atoms with E-state index in [0.29, 0.717) is 11.8 Å². The van der Waals surface area contributed by atoms with E-state index in [1.165, 1.54) is 12.8 Å². The summed E-state index contributed by atoms with van der Waals surface area (Å²) in [5.74, 6) is 1.05. The van der Waals surface area contributed by atoms with Gasteiger partial charge in [0.05, 0.1) is 18.1 Å². The zero-order valence-corrected chi connectivity index (χ0v) is 14.2. The van der Waals surface area contributed by atoms with Gasteiger partial charge in [-0.15, -0.1) is 0 Å². The Morgan fingerprint density at radius 3 is 2.42 bits per heavy atom. The molecule has 0 saturated carbocycles. The molecule has 5 unspecified atom stereocenters.